The van der Waals surface area contributed by atoms with Gasteiger partial charge < -0.3 is 5.73 Å². The summed E-state index contributed by atoms with van der Waals surface area (Å²) in [5.74, 6) is 1.54. The summed E-state index contributed by atoms with van der Waals surface area (Å²) in [6, 6.07) is 0. The lowest BCUT2D eigenvalue weighted by atomic mass is 10.2. The highest BCUT2D eigenvalue weighted by molar-refractivity contribution is 7.99. The van der Waals surface area contributed by atoms with Crippen molar-refractivity contribution in [1.29, 1.82) is 5.41 Å². The lowest BCUT2D eigenvalue weighted by Gasteiger charge is -2.12. The topological polar surface area (TPSA) is 49.9 Å². The van der Waals surface area contributed by atoms with Gasteiger partial charge in [-0.25, -0.2) is 0 Å². The zero-order valence-electron chi connectivity index (χ0n) is 8.10. The smallest absolute Gasteiger partial charge is 0.0916 e. The van der Waals surface area contributed by atoms with Crippen molar-refractivity contribution in [2.75, 3.05) is 5.75 Å². The van der Waals surface area contributed by atoms with E-state index in [1.165, 1.54) is 18.6 Å². The Morgan fingerprint density at radius 2 is 2.17 bits per heavy atom. The molecule has 0 spiro atoms. The molecular weight excluding hydrogens is 168 g/mol. The van der Waals surface area contributed by atoms with Gasteiger partial charge in [0.1, 0.15) is 0 Å². The van der Waals surface area contributed by atoms with Crippen molar-refractivity contribution in [1.82, 2.24) is 0 Å². The van der Waals surface area contributed by atoms with E-state index in [4.69, 9.17) is 11.1 Å². The SMILES string of the molecule is CCCCSC(CC)CC(=N)N. The highest BCUT2D eigenvalue weighted by Gasteiger charge is 2.07. The van der Waals surface area contributed by atoms with Crippen LogP contribution in [0.3, 0.4) is 0 Å². The van der Waals surface area contributed by atoms with Gasteiger partial charge in [-0.1, -0.05) is 20.3 Å². The Morgan fingerprint density at radius 3 is 2.58 bits per heavy atom. The molecule has 0 radical (unpaired) electrons. The van der Waals surface area contributed by atoms with Crippen LogP contribution >= 0.6 is 11.8 Å². The van der Waals surface area contributed by atoms with Crippen LogP contribution in [0.2, 0.25) is 0 Å². The number of nitrogens with two attached hydrogens (primary N) is 1. The van der Waals surface area contributed by atoms with E-state index in [0.29, 0.717) is 11.1 Å². The fraction of sp³-hybridized carbons (Fsp3) is 0.889. The monoisotopic (exact) mass is 188 g/mol. The van der Waals surface area contributed by atoms with Gasteiger partial charge in [0.15, 0.2) is 0 Å². The first kappa shape index (κ1) is 11.8. The number of thioether (sulfide) groups is 1. The molecule has 1 unspecified atom stereocenters. The van der Waals surface area contributed by atoms with E-state index in [0.717, 1.165) is 12.8 Å². The molecule has 72 valence electrons. The van der Waals surface area contributed by atoms with Crippen LogP contribution < -0.4 is 5.73 Å². The fourth-order valence-electron chi connectivity index (χ4n) is 0.961. The van der Waals surface area contributed by atoms with Gasteiger partial charge in [0.05, 0.1) is 5.84 Å². The Morgan fingerprint density at radius 1 is 1.50 bits per heavy atom. The second kappa shape index (κ2) is 7.47. The van der Waals surface area contributed by atoms with Crippen molar-refractivity contribution in [3.05, 3.63) is 0 Å². The van der Waals surface area contributed by atoms with Gasteiger partial charge in [-0.05, 0) is 18.6 Å². The molecule has 0 heterocycles. The van der Waals surface area contributed by atoms with Gasteiger partial charge >= 0.3 is 0 Å². The van der Waals surface area contributed by atoms with Gasteiger partial charge in [-0.15, -0.1) is 0 Å². The first-order chi connectivity index (χ1) is 5.70. The highest BCUT2D eigenvalue weighted by Crippen LogP contribution is 2.19. The van der Waals surface area contributed by atoms with Crippen LogP contribution in [0, 0.1) is 5.41 Å². The minimum Gasteiger partial charge on any atom is -0.388 e. The molecule has 12 heavy (non-hydrogen) atoms. The lowest BCUT2D eigenvalue weighted by molar-refractivity contribution is 0.837. The Labute approximate surface area is 79.8 Å². The molecule has 1 atom stereocenters. The van der Waals surface area contributed by atoms with Crippen molar-refractivity contribution in [3.63, 3.8) is 0 Å². The number of nitrogens with one attached hydrogen (secondary N) is 1. The largest absolute Gasteiger partial charge is 0.388 e. The summed E-state index contributed by atoms with van der Waals surface area (Å²) in [4.78, 5) is 0. The maximum absolute atomic E-state index is 7.17. The van der Waals surface area contributed by atoms with E-state index >= 15 is 0 Å². The Kier molecular flexibility index (Phi) is 7.36. The standard InChI is InChI=1S/C9H20N2S/c1-3-5-6-12-8(4-2)7-9(10)11/h8H,3-7H2,1-2H3,(H3,10,11). The summed E-state index contributed by atoms with van der Waals surface area (Å²) in [5, 5.41) is 7.74. The summed E-state index contributed by atoms with van der Waals surface area (Å²) in [6.07, 6.45) is 4.40. The summed E-state index contributed by atoms with van der Waals surface area (Å²) < 4.78 is 0. The van der Waals surface area contributed by atoms with Crippen LogP contribution in [-0.4, -0.2) is 16.8 Å². The van der Waals surface area contributed by atoms with Gasteiger partial charge in [-0.2, -0.15) is 11.8 Å². The van der Waals surface area contributed by atoms with Crippen LogP contribution in [0.4, 0.5) is 0 Å². The highest BCUT2D eigenvalue weighted by atomic mass is 32.2. The molecule has 3 N–H and O–H groups in total. The predicted molar refractivity (Wildman–Crippen MR) is 58.0 cm³/mol. The quantitative estimate of drug-likeness (QED) is 0.366. The summed E-state index contributed by atoms with van der Waals surface area (Å²) in [7, 11) is 0. The molecule has 0 amide bonds. The van der Waals surface area contributed by atoms with Crippen LogP contribution in [-0.2, 0) is 0 Å². The molecule has 0 aromatic rings. The molecular formula is C9H20N2S. The third-order valence-electron chi connectivity index (χ3n) is 1.75. The van der Waals surface area contributed by atoms with Crippen LogP contribution in [0.15, 0.2) is 0 Å². The van der Waals surface area contributed by atoms with Crippen LogP contribution in [0.1, 0.15) is 39.5 Å². The molecule has 0 aliphatic carbocycles. The third-order valence-corrected chi connectivity index (χ3v) is 3.25. The van der Waals surface area contributed by atoms with E-state index in [1.54, 1.807) is 0 Å². The molecule has 0 aromatic carbocycles. The zero-order valence-corrected chi connectivity index (χ0v) is 8.91. The van der Waals surface area contributed by atoms with E-state index < -0.39 is 0 Å². The van der Waals surface area contributed by atoms with Crippen LogP contribution in [0.25, 0.3) is 0 Å². The molecule has 3 heteroatoms. The molecule has 0 saturated heterocycles. The normalized spacial score (nSPS) is 12.8. The van der Waals surface area contributed by atoms with Crippen molar-refractivity contribution < 1.29 is 0 Å². The molecule has 2 nitrogen and oxygen atoms in total. The van der Waals surface area contributed by atoms with E-state index in [-0.39, 0.29) is 0 Å². The van der Waals surface area contributed by atoms with Gasteiger partial charge in [-0.3, -0.25) is 5.41 Å². The van der Waals surface area contributed by atoms with Crippen molar-refractivity contribution in [3.8, 4) is 0 Å². The lowest BCUT2D eigenvalue weighted by Crippen LogP contribution is -2.17. The molecule has 0 aliphatic heterocycles. The minimum atomic E-state index is 0.325. The Bertz CT molecular complexity index is 126. The van der Waals surface area contributed by atoms with Gasteiger partial charge in [0, 0.05) is 11.7 Å². The summed E-state index contributed by atoms with van der Waals surface area (Å²) >= 11 is 1.95. The zero-order chi connectivity index (χ0) is 9.40. The van der Waals surface area contributed by atoms with Gasteiger partial charge in [0.25, 0.3) is 0 Å². The first-order valence-corrected chi connectivity index (χ1v) is 5.70. The average molecular weight is 188 g/mol. The Balaban J connectivity index is 3.46. The molecule has 0 fully saturated rings. The number of hydrogen-bond donors (Lipinski definition) is 2. The molecule has 0 rings (SSSR count). The van der Waals surface area contributed by atoms with Crippen molar-refractivity contribution in [2.45, 2.75) is 44.8 Å². The van der Waals surface area contributed by atoms with Gasteiger partial charge in [0.2, 0.25) is 0 Å². The molecule has 0 bridgehead atoms. The maximum atomic E-state index is 7.17. The number of hydrogen-bond acceptors (Lipinski definition) is 2. The first-order valence-electron chi connectivity index (χ1n) is 4.65. The molecule has 0 aromatic heterocycles. The van der Waals surface area contributed by atoms with Crippen molar-refractivity contribution >= 4 is 17.6 Å². The van der Waals surface area contributed by atoms with E-state index in [2.05, 4.69) is 13.8 Å². The predicted octanol–water partition coefficient (Wildman–Crippen LogP) is 2.62. The Hall–Kier alpha value is -0.180. The molecule has 0 saturated carbocycles. The number of amidine groups is 1. The number of rotatable bonds is 7. The third kappa shape index (κ3) is 6.53. The summed E-state index contributed by atoms with van der Waals surface area (Å²) in [6.45, 7) is 4.36. The second-order valence-corrected chi connectivity index (χ2v) is 4.39. The second-order valence-electron chi connectivity index (χ2n) is 2.98. The average Bonchev–Trinajstić information content (AvgIpc) is 2.02. The van der Waals surface area contributed by atoms with E-state index in [1.807, 2.05) is 11.8 Å². The van der Waals surface area contributed by atoms with Crippen LogP contribution in [0.5, 0.6) is 0 Å². The molecule has 0 aliphatic rings. The maximum Gasteiger partial charge on any atom is 0.0916 e. The van der Waals surface area contributed by atoms with Crippen molar-refractivity contribution in [2.24, 2.45) is 5.73 Å². The number of unbranched alkanes of at least 4 members (excludes halogenated alkanes) is 1. The van der Waals surface area contributed by atoms with E-state index in [9.17, 15) is 0 Å². The fourth-order valence-corrected chi connectivity index (χ4v) is 2.28. The minimum absolute atomic E-state index is 0.325. The summed E-state index contributed by atoms with van der Waals surface area (Å²) in [5.41, 5.74) is 5.34.